The van der Waals surface area contributed by atoms with Crippen molar-refractivity contribution in [2.45, 2.75) is 4.90 Å². The first kappa shape index (κ1) is 14.8. The second-order valence-corrected chi connectivity index (χ2v) is 5.83. The van der Waals surface area contributed by atoms with Crippen LogP contribution in [-0.4, -0.2) is 26.4 Å². The topological polar surface area (TPSA) is 108 Å². The molecular formula is C13H13N3O4S. The molecule has 0 fully saturated rings. The molecule has 0 bridgehead atoms. The number of amides is 1. The summed E-state index contributed by atoms with van der Waals surface area (Å²) in [6, 6.07) is 8.30. The summed E-state index contributed by atoms with van der Waals surface area (Å²) in [7, 11) is -2.28. The van der Waals surface area contributed by atoms with Crippen molar-refractivity contribution in [1.82, 2.24) is 10.3 Å². The van der Waals surface area contributed by atoms with E-state index < -0.39 is 10.0 Å². The molecule has 21 heavy (non-hydrogen) atoms. The van der Waals surface area contributed by atoms with Gasteiger partial charge in [0.25, 0.3) is 15.9 Å². The van der Waals surface area contributed by atoms with Crippen LogP contribution in [0.1, 0.15) is 10.4 Å². The highest BCUT2D eigenvalue weighted by atomic mass is 32.2. The molecule has 0 saturated heterocycles. The molecule has 1 heterocycles. The third kappa shape index (κ3) is 3.48. The number of pyridine rings is 1. The van der Waals surface area contributed by atoms with Gasteiger partial charge in [-0.3, -0.25) is 14.3 Å². The van der Waals surface area contributed by atoms with Crippen molar-refractivity contribution in [1.29, 1.82) is 0 Å². The Morgan fingerprint density at radius 3 is 2.29 bits per heavy atom. The van der Waals surface area contributed by atoms with Crippen molar-refractivity contribution in [2.24, 2.45) is 0 Å². The van der Waals surface area contributed by atoms with Crippen LogP contribution >= 0.6 is 0 Å². The molecule has 0 radical (unpaired) electrons. The zero-order valence-corrected chi connectivity index (χ0v) is 11.9. The minimum absolute atomic E-state index is 0.0579. The number of H-pyrrole nitrogens is 1. The number of sulfonamides is 1. The molecule has 0 spiro atoms. The van der Waals surface area contributed by atoms with Crippen LogP contribution < -0.4 is 15.6 Å². The van der Waals surface area contributed by atoms with E-state index >= 15 is 0 Å². The highest BCUT2D eigenvalue weighted by Gasteiger charge is 2.14. The third-order valence-corrected chi connectivity index (χ3v) is 4.07. The van der Waals surface area contributed by atoms with Crippen LogP contribution in [0.15, 0.2) is 52.3 Å². The minimum atomic E-state index is -3.79. The second-order valence-electron chi connectivity index (χ2n) is 4.15. The predicted octanol–water partition coefficient (Wildman–Crippen LogP) is 0.535. The molecular weight excluding hydrogens is 294 g/mol. The van der Waals surface area contributed by atoms with Crippen LogP contribution in [0.2, 0.25) is 0 Å². The first-order chi connectivity index (χ1) is 9.92. The molecule has 110 valence electrons. The maximum absolute atomic E-state index is 12.1. The number of aromatic amines is 1. The average Bonchev–Trinajstić information content (AvgIpc) is 2.47. The number of benzene rings is 1. The van der Waals surface area contributed by atoms with Crippen LogP contribution in [0, 0.1) is 0 Å². The summed E-state index contributed by atoms with van der Waals surface area (Å²) < 4.78 is 26.5. The largest absolute Gasteiger partial charge is 0.355 e. The van der Waals surface area contributed by atoms with Gasteiger partial charge in [0.1, 0.15) is 4.90 Å². The van der Waals surface area contributed by atoms with E-state index in [2.05, 4.69) is 15.0 Å². The van der Waals surface area contributed by atoms with E-state index in [1.54, 1.807) is 0 Å². The van der Waals surface area contributed by atoms with E-state index in [9.17, 15) is 18.0 Å². The second kappa shape index (κ2) is 5.80. The highest BCUT2D eigenvalue weighted by molar-refractivity contribution is 7.92. The van der Waals surface area contributed by atoms with Crippen LogP contribution in [0.4, 0.5) is 5.69 Å². The molecule has 0 aliphatic heterocycles. The van der Waals surface area contributed by atoms with E-state index in [0.717, 1.165) is 12.3 Å². The molecule has 0 aliphatic rings. The van der Waals surface area contributed by atoms with Gasteiger partial charge in [-0.2, -0.15) is 0 Å². The van der Waals surface area contributed by atoms with Gasteiger partial charge in [0.05, 0.1) is 0 Å². The van der Waals surface area contributed by atoms with Crippen LogP contribution in [-0.2, 0) is 10.0 Å². The Morgan fingerprint density at radius 2 is 1.76 bits per heavy atom. The minimum Gasteiger partial charge on any atom is -0.355 e. The van der Waals surface area contributed by atoms with Gasteiger partial charge in [0.15, 0.2) is 0 Å². The molecule has 8 heteroatoms. The fourth-order valence-corrected chi connectivity index (χ4v) is 2.64. The summed E-state index contributed by atoms with van der Waals surface area (Å²) in [6.45, 7) is 0. The fraction of sp³-hybridized carbons (Fsp3) is 0.0769. The van der Waals surface area contributed by atoms with E-state index in [-0.39, 0.29) is 16.4 Å². The number of carbonyl (C=O) groups is 1. The number of anilines is 1. The summed E-state index contributed by atoms with van der Waals surface area (Å²) in [5.74, 6) is -0.259. The number of rotatable bonds is 4. The van der Waals surface area contributed by atoms with Gasteiger partial charge in [0, 0.05) is 30.6 Å². The summed E-state index contributed by atoms with van der Waals surface area (Å²) in [6.07, 6.45) is 1.11. The van der Waals surface area contributed by atoms with E-state index in [1.807, 2.05) is 0 Å². The normalized spacial score (nSPS) is 10.9. The number of nitrogens with one attached hydrogen (secondary N) is 3. The lowest BCUT2D eigenvalue weighted by atomic mass is 10.2. The Hall–Kier alpha value is -2.61. The Morgan fingerprint density at radius 1 is 1.10 bits per heavy atom. The summed E-state index contributed by atoms with van der Waals surface area (Å²) in [5, 5.41) is 2.47. The van der Waals surface area contributed by atoms with Crippen molar-refractivity contribution in [3.05, 3.63) is 58.5 Å². The third-order valence-electron chi connectivity index (χ3n) is 2.69. The highest BCUT2D eigenvalue weighted by Crippen LogP contribution is 2.15. The number of aromatic nitrogens is 1. The smallest absolute Gasteiger partial charge is 0.263 e. The molecule has 1 aromatic carbocycles. The quantitative estimate of drug-likeness (QED) is 0.766. The zero-order chi connectivity index (χ0) is 15.5. The van der Waals surface area contributed by atoms with Crippen molar-refractivity contribution < 1.29 is 13.2 Å². The molecule has 1 aromatic heterocycles. The average molecular weight is 307 g/mol. The molecule has 2 rings (SSSR count). The zero-order valence-electron chi connectivity index (χ0n) is 11.1. The lowest BCUT2D eigenvalue weighted by molar-refractivity contribution is 0.0963. The fourth-order valence-electron chi connectivity index (χ4n) is 1.61. The predicted molar refractivity (Wildman–Crippen MR) is 77.7 cm³/mol. The summed E-state index contributed by atoms with van der Waals surface area (Å²) in [4.78, 5) is 24.5. The van der Waals surface area contributed by atoms with Gasteiger partial charge in [0.2, 0.25) is 5.56 Å². The maximum Gasteiger partial charge on any atom is 0.263 e. The molecule has 0 atom stereocenters. The van der Waals surface area contributed by atoms with E-state index in [4.69, 9.17) is 0 Å². The maximum atomic E-state index is 12.1. The standard InChI is InChI=1S/C13H13N3O4S/c1-14-13(18)9-2-4-10(5-3-9)16-21(19,20)11-6-7-12(17)15-8-11/h2-8,16H,1H3,(H,14,18)(H,15,17). The summed E-state index contributed by atoms with van der Waals surface area (Å²) >= 11 is 0. The van der Waals surface area contributed by atoms with Gasteiger partial charge in [-0.1, -0.05) is 0 Å². The Balaban J connectivity index is 2.22. The number of hydrogen-bond donors (Lipinski definition) is 3. The number of hydrogen-bond acceptors (Lipinski definition) is 4. The van der Waals surface area contributed by atoms with Gasteiger partial charge < -0.3 is 10.3 Å². The van der Waals surface area contributed by atoms with Crippen molar-refractivity contribution in [2.75, 3.05) is 11.8 Å². The monoisotopic (exact) mass is 307 g/mol. The Kier molecular flexibility index (Phi) is 4.08. The van der Waals surface area contributed by atoms with Crippen molar-refractivity contribution in [3.8, 4) is 0 Å². The van der Waals surface area contributed by atoms with Crippen LogP contribution in [0.25, 0.3) is 0 Å². The van der Waals surface area contributed by atoms with Crippen LogP contribution in [0.3, 0.4) is 0 Å². The molecule has 2 aromatic rings. The van der Waals surface area contributed by atoms with E-state index in [1.165, 1.54) is 37.4 Å². The Labute approximate surface area is 121 Å². The van der Waals surface area contributed by atoms with Gasteiger partial charge in [-0.05, 0) is 30.3 Å². The van der Waals surface area contributed by atoms with Gasteiger partial charge in [-0.25, -0.2) is 8.42 Å². The number of carbonyl (C=O) groups excluding carboxylic acids is 1. The van der Waals surface area contributed by atoms with E-state index in [0.29, 0.717) is 11.3 Å². The molecule has 0 aliphatic carbocycles. The molecule has 0 unspecified atom stereocenters. The molecule has 0 saturated carbocycles. The summed E-state index contributed by atoms with van der Waals surface area (Å²) in [5.41, 5.74) is 0.349. The van der Waals surface area contributed by atoms with Gasteiger partial charge in [-0.15, -0.1) is 0 Å². The SMILES string of the molecule is CNC(=O)c1ccc(NS(=O)(=O)c2ccc(=O)[nH]c2)cc1. The molecule has 3 N–H and O–H groups in total. The lowest BCUT2D eigenvalue weighted by Crippen LogP contribution is -2.18. The first-order valence-corrected chi connectivity index (χ1v) is 7.44. The van der Waals surface area contributed by atoms with Gasteiger partial charge >= 0.3 is 0 Å². The lowest BCUT2D eigenvalue weighted by Gasteiger charge is -2.08. The van der Waals surface area contributed by atoms with Crippen molar-refractivity contribution in [3.63, 3.8) is 0 Å². The Bertz CT molecular complexity index is 790. The molecule has 1 amide bonds. The first-order valence-electron chi connectivity index (χ1n) is 5.96. The van der Waals surface area contributed by atoms with Crippen molar-refractivity contribution >= 4 is 21.6 Å². The van der Waals surface area contributed by atoms with Crippen LogP contribution in [0.5, 0.6) is 0 Å². The molecule has 7 nitrogen and oxygen atoms in total.